The molecular formula is C15H11NO4. The summed E-state index contributed by atoms with van der Waals surface area (Å²) < 4.78 is 0. The minimum Gasteiger partial charge on any atom is -0.286 e. The third kappa shape index (κ3) is 2.77. The molecule has 0 N–H and O–H groups in total. The first-order chi connectivity index (χ1) is 9.61. The SMILES string of the molecule is O=C(c1ccccc1)C(C(=O)c1ccccc1)[N+](=O)[O-]. The molecule has 0 atom stereocenters. The van der Waals surface area contributed by atoms with Gasteiger partial charge in [0.1, 0.15) is 0 Å². The first-order valence-corrected chi connectivity index (χ1v) is 5.93. The van der Waals surface area contributed by atoms with Gasteiger partial charge in [0.2, 0.25) is 11.6 Å². The van der Waals surface area contributed by atoms with E-state index >= 15 is 0 Å². The Morgan fingerprint density at radius 2 is 1.15 bits per heavy atom. The molecule has 100 valence electrons. The van der Waals surface area contributed by atoms with Crippen molar-refractivity contribution in [1.29, 1.82) is 0 Å². The number of carbonyl (C=O) groups excluding carboxylic acids is 2. The van der Waals surface area contributed by atoms with E-state index in [-0.39, 0.29) is 11.1 Å². The fourth-order valence-corrected chi connectivity index (χ4v) is 1.83. The second-order valence-corrected chi connectivity index (χ2v) is 4.15. The molecule has 0 bridgehead atoms. The van der Waals surface area contributed by atoms with E-state index in [9.17, 15) is 19.7 Å². The molecule has 0 heterocycles. The van der Waals surface area contributed by atoms with Gasteiger partial charge < -0.3 is 0 Å². The second kappa shape index (κ2) is 5.88. The molecule has 0 saturated heterocycles. The average molecular weight is 269 g/mol. The van der Waals surface area contributed by atoms with Gasteiger partial charge in [-0.05, 0) is 0 Å². The summed E-state index contributed by atoms with van der Waals surface area (Å²) in [6.45, 7) is 0. The minimum absolute atomic E-state index is 0.151. The van der Waals surface area contributed by atoms with Gasteiger partial charge in [-0.3, -0.25) is 19.7 Å². The quantitative estimate of drug-likeness (QED) is 0.361. The Labute approximate surface area is 115 Å². The smallest absolute Gasteiger partial charge is 0.286 e. The number of nitro groups is 1. The highest BCUT2D eigenvalue weighted by Gasteiger charge is 2.38. The van der Waals surface area contributed by atoms with Crippen molar-refractivity contribution in [2.45, 2.75) is 6.04 Å². The molecule has 0 saturated carbocycles. The molecule has 2 rings (SSSR count). The Balaban J connectivity index is 2.36. The van der Waals surface area contributed by atoms with Crippen LogP contribution in [0.2, 0.25) is 0 Å². The molecule has 0 fully saturated rings. The minimum atomic E-state index is -1.90. The number of Topliss-reactive ketones (excluding diaryl/α,β-unsaturated/α-hetero) is 2. The van der Waals surface area contributed by atoms with Crippen molar-refractivity contribution in [2.75, 3.05) is 0 Å². The van der Waals surface area contributed by atoms with Crippen LogP contribution in [-0.2, 0) is 0 Å². The Morgan fingerprint density at radius 1 is 0.800 bits per heavy atom. The zero-order valence-electron chi connectivity index (χ0n) is 10.4. The van der Waals surface area contributed by atoms with E-state index in [0.717, 1.165) is 0 Å². The number of benzene rings is 2. The van der Waals surface area contributed by atoms with Crippen molar-refractivity contribution >= 4 is 11.6 Å². The zero-order chi connectivity index (χ0) is 14.5. The van der Waals surface area contributed by atoms with Gasteiger partial charge in [0.25, 0.3) is 0 Å². The molecular weight excluding hydrogens is 258 g/mol. The molecule has 0 aliphatic rings. The second-order valence-electron chi connectivity index (χ2n) is 4.15. The number of hydrogen-bond acceptors (Lipinski definition) is 4. The third-order valence-electron chi connectivity index (χ3n) is 2.82. The van der Waals surface area contributed by atoms with E-state index in [1.807, 2.05) is 0 Å². The van der Waals surface area contributed by atoms with Crippen LogP contribution in [0.15, 0.2) is 60.7 Å². The normalized spacial score (nSPS) is 10.2. The van der Waals surface area contributed by atoms with Crippen LogP contribution in [0.4, 0.5) is 0 Å². The Bertz CT molecular complexity index is 586. The lowest BCUT2D eigenvalue weighted by Gasteiger charge is -2.07. The average Bonchev–Trinajstić information content (AvgIpc) is 2.48. The van der Waals surface area contributed by atoms with E-state index in [2.05, 4.69) is 0 Å². The molecule has 0 aromatic heterocycles. The van der Waals surface area contributed by atoms with Crippen LogP contribution in [0.25, 0.3) is 0 Å². The zero-order valence-corrected chi connectivity index (χ0v) is 10.4. The summed E-state index contributed by atoms with van der Waals surface area (Å²) in [6, 6.07) is 13.7. The van der Waals surface area contributed by atoms with Gasteiger partial charge in [-0.2, -0.15) is 0 Å². The first kappa shape index (κ1) is 13.6. The van der Waals surface area contributed by atoms with Crippen LogP contribution >= 0.6 is 0 Å². The fourth-order valence-electron chi connectivity index (χ4n) is 1.83. The Kier molecular flexibility index (Phi) is 4.00. The van der Waals surface area contributed by atoms with Crippen LogP contribution in [0.1, 0.15) is 20.7 Å². The van der Waals surface area contributed by atoms with Crippen molar-refractivity contribution in [3.63, 3.8) is 0 Å². The van der Waals surface area contributed by atoms with Gasteiger partial charge in [0, 0.05) is 16.1 Å². The summed E-state index contributed by atoms with van der Waals surface area (Å²) in [5.41, 5.74) is 0.303. The van der Waals surface area contributed by atoms with Gasteiger partial charge in [-0.1, -0.05) is 60.7 Å². The fraction of sp³-hybridized carbons (Fsp3) is 0.0667. The van der Waals surface area contributed by atoms with E-state index in [1.165, 1.54) is 24.3 Å². The lowest BCUT2D eigenvalue weighted by atomic mass is 9.97. The van der Waals surface area contributed by atoms with E-state index in [0.29, 0.717) is 0 Å². The lowest BCUT2D eigenvalue weighted by Crippen LogP contribution is -2.37. The predicted molar refractivity (Wildman–Crippen MR) is 72.3 cm³/mol. The first-order valence-electron chi connectivity index (χ1n) is 5.93. The monoisotopic (exact) mass is 269 g/mol. The van der Waals surface area contributed by atoms with Gasteiger partial charge in [-0.15, -0.1) is 0 Å². The van der Waals surface area contributed by atoms with Crippen molar-refractivity contribution in [1.82, 2.24) is 0 Å². The van der Waals surface area contributed by atoms with Gasteiger partial charge in [-0.25, -0.2) is 0 Å². The van der Waals surface area contributed by atoms with E-state index in [4.69, 9.17) is 0 Å². The molecule has 5 nitrogen and oxygen atoms in total. The highest BCUT2D eigenvalue weighted by Crippen LogP contribution is 2.12. The van der Waals surface area contributed by atoms with Crippen LogP contribution in [0, 0.1) is 10.1 Å². The van der Waals surface area contributed by atoms with Crippen LogP contribution in [-0.4, -0.2) is 22.5 Å². The molecule has 0 aliphatic carbocycles. The van der Waals surface area contributed by atoms with Crippen molar-refractivity contribution in [3.8, 4) is 0 Å². The molecule has 0 spiro atoms. The molecule has 0 amide bonds. The van der Waals surface area contributed by atoms with Crippen LogP contribution < -0.4 is 0 Å². The maximum atomic E-state index is 12.1. The topological polar surface area (TPSA) is 77.3 Å². The van der Waals surface area contributed by atoms with Gasteiger partial charge >= 0.3 is 6.04 Å². The molecule has 5 heteroatoms. The van der Waals surface area contributed by atoms with Gasteiger partial charge in [0.15, 0.2) is 0 Å². The number of ketones is 2. The molecule has 0 radical (unpaired) electrons. The summed E-state index contributed by atoms with van der Waals surface area (Å²) in [6.07, 6.45) is 0. The number of hydrogen-bond donors (Lipinski definition) is 0. The predicted octanol–water partition coefficient (Wildman–Crippen LogP) is 2.40. The van der Waals surface area contributed by atoms with E-state index in [1.54, 1.807) is 36.4 Å². The summed E-state index contributed by atoms with van der Waals surface area (Å²) in [7, 11) is 0. The highest BCUT2D eigenvalue weighted by atomic mass is 16.6. The molecule has 2 aromatic rings. The highest BCUT2D eigenvalue weighted by molar-refractivity contribution is 6.18. The van der Waals surface area contributed by atoms with Crippen LogP contribution in [0.5, 0.6) is 0 Å². The largest absolute Gasteiger partial charge is 0.336 e. The molecule has 0 aliphatic heterocycles. The molecule has 2 aromatic carbocycles. The summed E-state index contributed by atoms with van der Waals surface area (Å²) >= 11 is 0. The van der Waals surface area contributed by atoms with Crippen molar-refractivity contribution in [3.05, 3.63) is 81.9 Å². The standard InChI is InChI=1S/C15H11NO4/c17-14(11-7-3-1-4-8-11)13(16(19)20)15(18)12-9-5-2-6-10-12/h1-10,13H. The molecule has 0 unspecified atom stereocenters. The summed E-state index contributed by atoms with van der Waals surface area (Å²) in [5, 5.41) is 11.1. The van der Waals surface area contributed by atoms with Crippen LogP contribution in [0.3, 0.4) is 0 Å². The maximum absolute atomic E-state index is 12.1. The summed E-state index contributed by atoms with van der Waals surface area (Å²) in [5.74, 6) is -1.60. The van der Waals surface area contributed by atoms with Gasteiger partial charge in [0.05, 0.1) is 0 Å². The number of rotatable bonds is 5. The number of nitrogens with zero attached hydrogens (tertiary/aromatic N) is 1. The molecule has 20 heavy (non-hydrogen) atoms. The lowest BCUT2D eigenvalue weighted by molar-refractivity contribution is -0.488. The Hall–Kier alpha value is -2.82. The van der Waals surface area contributed by atoms with Crippen molar-refractivity contribution in [2.24, 2.45) is 0 Å². The maximum Gasteiger partial charge on any atom is 0.336 e. The third-order valence-corrected chi connectivity index (χ3v) is 2.82. The Morgan fingerprint density at radius 3 is 1.45 bits per heavy atom. The number of carbonyl (C=O) groups is 2. The van der Waals surface area contributed by atoms with E-state index < -0.39 is 22.5 Å². The summed E-state index contributed by atoms with van der Waals surface area (Å²) in [4.78, 5) is 34.5. The van der Waals surface area contributed by atoms with Crippen molar-refractivity contribution < 1.29 is 14.5 Å².